The lowest BCUT2D eigenvalue weighted by Gasteiger charge is -2.26. The molecule has 0 aliphatic rings. The average molecular weight is 752 g/mol. The van der Waals surface area contributed by atoms with E-state index in [2.05, 4.69) is 204 Å². The molecule has 0 aliphatic carbocycles. The van der Waals surface area contributed by atoms with Crippen molar-refractivity contribution in [1.82, 2.24) is 9.97 Å². The largest absolute Gasteiger partial charge is 0.308 e. The Morgan fingerprint density at radius 3 is 1.46 bits per heavy atom. The molecular weight excluding hydrogens is 715 g/mol. The van der Waals surface area contributed by atoms with Gasteiger partial charge in [-0.05, 0) is 119 Å². The molecule has 9 aromatic carbocycles. The molecule has 276 valence electrons. The van der Waals surface area contributed by atoms with Crippen LogP contribution in [0.1, 0.15) is 0 Å². The first-order valence-electron chi connectivity index (χ1n) is 20.1. The van der Waals surface area contributed by atoms with Gasteiger partial charge in [0.05, 0.1) is 11.2 Å². The van der Waals surface area contributed by atoms with Gasteiger partial charge in [0.25, 0.3) is 0 Å². The fraction of sp³-hybridized carbons (Fsp3) is 0. The van der Waals surface area contributed by atoms with Crippen LogP contribution >= 0.6 is 0 Å². The molecule has 11 aromatic rings. The van der Waals surface area contributed by atoms with Crippen LogP contribution in [0.4, 0.5) is 17.1 Å². The van der Waals surface area contributed by atoms with Gasteiger partial charge in [0, 0.05) is 35.4 Å². The summed E-state index contributed by atoms with van der Waals surface area (Å²) in [6, 6.07) is 74.3. The van der Waals surface area contributed by atoms with E-state index in [9.17, 15) is 0 Å². The van der Waals surface area contributed by atoms with Gasteiger partial charge in [-0.3, -0.25) is 9.97 Å². The number of rotatable bonds is 7. The number of hydrogen-bond acceptors (Lipinski definition) is 3. The van der Waals surface area contributed by atoms with Crippen LogP contribution in [-0.2, 0) is 0 Å². The van der Waals surface area contributed by atoms with Gasteiger partial charge in [-0.25, -0.2) is 0 Å². The number of anilines is 3. The Kier molecular flexibility index (Phi) is 8.49. The summed E-state index contributed by atoms with van der Waals surface area (Å²) in [4.78, 5) is 11.5. The van der Waals surface area contributed by atoms with Gasteiger partial charge < -0.3 is 4.90 Å². The van der Waals surface area contributed by atoms with Crippen LogP contribution in [0.2, 0.25) is 0 Å². The molecule has 0 saturated heterocycles. The first-order valence-corrected chi connectivity index (χ1v) is 20.1. The highest BCUT2D eigenvalue weighted by atomic mass is 15.1. The van der Waals surface area contributed by atoms with Gasteiger partial charge in [0.15, 0.2) is 0 Å². The maximum atomic E-state index is 4.84. The summed E-state index contributed by atoms with van der Waals surface area (Å²) < 4.78 is 0. The molecule has 59 heavy (non-hydrogen) atoms. The summed E-state index contributed by atoms with van der Waals surface area (Å²) >= 11 is 0. The summed E-state index contributed by atoms with van der Waals surface area (Å²) in [6.45, 7) is 0. The van der Waals surface area contributed by atoms with E-state index < -0.39 is 0 Å². The third kappa shape index (κ3) is 6.08. The van der Waals surface area contributed by atoms with Crippen LogP contribution < -0.4 is 4.90 Å². The fourth-order valence-electron chi connectivity index (χ4n) is 8.84. The Morgan fingerprint density at radius 1 is 0.322 bits per heavy atom. The van der Waals surface area contributed by atoms with Gasteiger partial charge in [0.1, 0.15) is 0 Å². The molecule has 0 aliphatic heterocycles. The van der Waals surface area contributed by atoms with Crippen molar-refractivity contribution >= 4 is 60.3 Å². The molecule has 0 fully saturated rings. The lowest BCUT2D eigenvalue weighted by molar-refractivity contribution is 1.27. The highest BCUT2D eigenvalue weighted by Gasteiger charge is 2.19. The normalized spacial score (nSPS) is 11.4. The lowest BCUT2D eigenvalue weighted by Crippen LogP contribution is -2.10. The van der Waals surface area contributed by atoms with E-state index in [0.29, 0.717) is 0 Å². The molecule has 2 heterocycles. The Labute approximate surface area is 343 Å². The second-order valence-corrected chi connectivity index (χ2v) is 15.0. The van der Waals surface area contributed by atoms with Gasteiger partial charge in [-0.1, -0.05) is 164 Å². The Hall–Kier alpha value is -7.88. The van der Waals surface area contributed by atoms with Crippen molar-refractivity contribution in [3.63, 3.8) is 0 Å². The van der Waals surface area contributed by atoms with Crippen LogP contribution in [0.3, 0.4) is 0 Å². The third-order valence-corrected chi connectivity index (χ3v) is 11.6. The predicted octanol–water partition coefficient (Wildman–Crippen LogP) is 15.2. The topological polar surface area (TPSA) is 29.0 Å². The molecule has 0 radical (unpaired) electrons. The van der Waals surface area contributed by atoms with Crippen molar-refractivity contribution in [3.05, 3.63) is 225 Å². The summed E-state index contributed by atoms with van der Waals surface area (Å²) in [7, 11) is 0. The van der Waals surface area contributed by atoms with E-state index in [1.54, 1.807) is 6.20 Å². The Morgan fingerprint density at radius 2 is 0.814 bits per heavy atom. The average Bonchev–Trinajstić information content (AvgIpc) is 3.31. The van der Waals surface area contributed by atoms with E-state index in [0.717, 1.165) is 44.7 Å². The minimum absolute atomic E-state index is 0.955. The SMILES string of the molecule is c1cncc(-c2ccc(N(c3ccc(-c4ccc(-c5c6ccccc6c(-c6cccc7ccccc67)c6ccccc56)cc4)cc3)c3cccc4cccnc34)cc2)c1. The second kappa shape index (κ2) is 14.6. The van der Waals surface area contributed by atoms with Crippen molar-refractivity contribution in [2.24, 2.45) is 0 Å². The maximum Gasteiger partial charge on any atom is 0.0942 e. The van der Waals surface area contributed by atoms with Gasteiger partial charge in [-0.2, -0.15) is 0 Å². The predicted molar refractivity (Wildman–Crippen MR) is 248 cm³/mol. The molecule has 0 spiro atoms. The molecule has 3 nitrogen and oxygen atoms in total. The molecule has 0 N–H and O–H groups in total. The van der Waals surface area contributed by atoms with E-state index >= 15 is 0 Å². The minimum Gasteiger partial charge on any atom is -0.308 e. The number of fused-ring (bicyclic) bond motifs is 4. The first-order chi connectivity index (χ1) is 29.3. The highest BCUT2D eigenvalue weighted by Crippen LogP contribution is 2.46. The van der Waals surface area contributed by atoms with Crippen LogP contribution in [0.25, 0.3) is 87.7 Å². The standard InChI is InChI=1S/C56H37N3/c1-2-16-47-41(11-1)12-7-21-48(47)55-51-19-5-3-17-49(51)54(50-18-4-6-20-52(50)55)42-25-23-38(24-26-42)39-27-31-45(32-28-39)59(53-22-8-13-43-14-10-36-58-56(43)53)46-33-29-40(30-34-46)44-15-9-35-57-37-44/h1-37H. The van der Waals surface area contributed by atoms with Gasteiger partial charge in [-0.15, -0.1) is 0 Å². The first kappa shape index (κ1) is 34.4. The monoisotopic (exact) mass is 751 g/mol. The third-order valence-electron chi connectivity index (χ3n) is 11.6. The van der Waals surface area contributed by atoms with E-state index in [4.69, 9.17) is 4.98 Å². The number of hydrogen-bond donors (Lipinski definition) is 0. The number of benzene rings is 9. The van der Waals surface area contributed by atoms with E-state index in [1.807, 2.05) is 24.5 Å². The Bertz CT molecular complexity index is 3230. The smallest absolute Gasteiger partial charge is 0.0942 e. The molecule has 0 saturated carbocycles. The molecule has 0 bridgehead atoms. The molecule has 3 heteroatoms. The summed E-state index contributed by atoms with van der Waals surface area (Å²) in [6.07, 6.45) is 5.58. The summed E-state index contributed by atoms with van der Waals surface area (Å²) in [5, 5.41) is 8.64. The van der Waals surface area contributed by atoms with Crippen LogP contribution in [0.5, 0.6) is 0 Å². The van der Waals surface area contributed by atoms with Crippen molar-refractivity contribution in [1.29, 1.82) is 0 Å². The fourth-order valence-corrected chi connectivity index (χ4v) is 8.84. The van der Waals surface area contributed by atoms with Crippen LogP contribution in [-0.4, -0.2) is 9.97 Å². The quantitative estimate of drug-likeness (QED) is 0.152. The number of nitrogens with zero attached hydrogens (tertiary/aromatic N) is 3. The Balaban J connectivity index is 0.982. The maximum absolute atomic E-state index is 4.84. The van der Waals surface area contributed by atoms with E-state index in [1.165, 1.54) is 60.1 Å². The second-order valence-electron chi connectivity index (χ2n) is 15.0. The zero-order valence-electron chi connectivity index (χ0n) is 32.2. The molecule has 11 rings (SSSR count). The lowest BCUT2D eigenvalue weighted by atomic mass is 9.84. The summed E-state index contributed by atoms with van der Waals surface area (Å²) in [5.41, 5.74) is 13.6. The molecule has 0 amide bonds. The number of aromatic nitrogens is 2. The van der Waals surface area contributed by atoms with Crippen molar-refractivity contribution in [2.45, 2.75) is 0 Å². The summed E-state index contributed by atoms with van der Waals surface area (Å²) in [5.74, 6) is 0. The molecular formula is C56H37N3. The van der Waals surface area contributed by atoms with Gasteiger partial charge in [0.2, 0.25) is 0 Å². The van der Waals surface area contributed by atoms with Crippen molar-refractivity contribution < 1.29 is 0 Å². The molecule has 0 atom stereocenters. The zero-order chi connectivity index (χ0) is 39.1. The van der Waals surface area contributed by atoms with Crippen molar-refractivity contribution in [2.75, 3.05) is 4.90 Å². The number of pyridine rings is 2. The van der Waals surface area contributed by atoms with Crippen LogP contribution in [0.15, 0.2) is 225 Å². The van der Waals surface area contributed by atoms with Crippen LogP contribution in [0, 0.1) is 0 Å². The molecule has 0 unspecified atom stereocenters. The van der Waals surface area contributed by atoms with E-state index in [-0.39, 0.29) is 0 Å². The van der Waals surface area contributed by atoms with Crippen molar-refractivity contribution in [3.8, 4) is 44.5 Å². The molecule has 2 aromatic heterocycles. The zero-order valence-corrected chi connectivity index (χ0v) is 32.2. The van der Waals surface area contributed by atoms with Gasteiger partial charge >= 0.3 is 0 Å². The number of para-hydroxylation sites is 1. The minimum atomic E-state index is 0.955. The highest BCUT2D eigenvalue weighted by molar-refractivity contribution is 6.23.